The first-order chi connectivity index (χ1) is 10.6. The van der Waals surface area contributed by atoms with Gasteiger partial charge in [0.25, 0.3) is 0 Å². The maximum Gasteiger partial charge on any atom is 0.335 e. The van der Waals surface area contributed by atoms with E-state index in [0.717, 1.165) is 17.1 Å². The maximum atomic E-state index is 11.1. The van der Waals surface area contributed by atoms with Crippen molar-refractivity contribution in [3.8, 4) is 5.75 Å². The number of nitrogens with one attached hydrogen (secondary N) is 1. The van der Waals surface area contributed by atoms with Gasteiger partial charge >= 0.3 is 5.97 Å². The van der Waals surface area contributed by atoms with Crippen molar-refractivity contribution in [1.29, 1.82) is 0 Å². The van der Waals surface area contributed by atoms with Crippen LogP contribution in [0.3, 0.4) is 0 Å². The number of benzene rings is 1. The lowest BCUT2D eigenvalue weighted by atomic mass is 10.1. The van der Waals surface area contributed by atoms with Crippen LogP contribution in [0.1, 0.15) is 22.8 Å². The van der Waals surface area contributed by atoms with E-state index in [0.29, 0.717) is 12.3 Å². The number of rotatable bonds is 4. The molecule has 0 amide bonds. The van der Waals surface area contributed by atoms with Gasteiger partial charge in [0.2, 0.25) is 0 Å². The van der Waals surface area contributed by atoms with Crippen molar-refractivity contribution in [2.24, 2.45) is 0 Å². The first kappa shape index (κ1) is 14.2. The van der Waals surface area contributed by atoms with Crippen LogP contribution in [-0.4, -0.2) is 29.3 Å². The second kappa shape index (κ2) is 5.55. The fourth-order valence-electron chi connectivity index (χ4n) is 2.64. The Bertz CT molecular complexity index is 718. The summed E-state index contributed by atoms with van der Waals surface area (Å²) < 4.78 is 5.34. The molecule has 0 radical (unpaired) electrons. The van der Waals surface area contributed by atoms with Crippen LogP contribution in [0.25, 0.3) is 0 Å². The van der Waals surface area contributed by atoms with Gasteiger partial charge in [0.1, 0.15) is 5.75 Å². The molecule has 6 heteroatoms. The predicted octanol–water partition coefficient (Wildman–Crippen LogP) is 2.57. The lowest BCUT2D eigenvalue weighted by Crippen LogP contribution is -2.32. The van der Waals surface area contributed by atoms with E-state index in [2.05, 4.69) is 22.1 Å². The first-order valence-corrected chi connectivity index (χ1v) is 6.98. The van der Waals surface area contributed by atoms with Gasteiger partial charge in [0.05, 0.1) is 24.5 Å². The van der Waals surface area contributed by atoms with Gasteiger partial charge in [-0.05, 0) is 31.2 Å². The molecule has 22 heavy (non-hydrogen) atoms. The van der Waals surface area contributed by atoms with Crippen molar-refractivity contribution < 1.29 is 14.6 Å². The number of ether oxygens (including phenoxy) is 1. The van der Waals surface area contributed by atoms with E-state index < -0.39 is 5.97 Å². The van der Waals surface area contributed by atoms with E-state index in [-0.39, 0.29) is 11.7 Å². The summed E-state index contributed by atoms with van der Waals surface area (Å²) in [4.78, 5) is 17.5. The zero-order valence-electron chi connectivity index (χ0n) is 12.4. The highest BCUT2D eigenvalue weighted by Gasteiger charge is 2.26. The van der Waals surface area contributed by atoms with Crippen LogP contribution in [0, 0.1) is 0 Å². The van der Waals surface area contributed by atoms with Crippen molar-refractivity contribution in [3.05, 3.63) is 47.7 Å². The number of aromatic nitrogens is 1. The van der Waals surface area contributed by atoms with Gasteiger partial charge in [-0.25, -0.2) is 9.78 Å². The summed E-state index contributed by atoms with van der Waals surface area (Å²) in [5.74, 6) is 0.469. The van der Waals surface area contributed by atoms with Gasteiger partial charge in [0.15, 0.2) is 5.82 Å². The second-order valence-corrected chi connectivity index (χ2v) is 5.15. The number of carboxylic acid groups (broad SMARTS) is 1. The molecule has 0 saturated carbocycles. The Morgan fingerprint density at radius 2 is 2.27 bits per heavy atom. The highest BCUT2D eigenvalue weighted by Crippen LogP contribution is 2.34. The van der Waals surface area contributed by atoms with E-state index in [1.54, 1.807) is 31.5 Å². The number of nitrogens with zero attached hydrogens (tertiary/aromatic N) is 2. The molecule has 0 spiro atoms. The number of fused-ring (bicyclic) bond motifs is 1. The summed E-state index contributed by atoms with van der Waals surface area (Å²) in [6, 6.07) is 8.85. The third kappa shape index (κ3) is 2.43. The van der Waals surface area contributed by atoms with Gasteiger partial charge in [-0.1, -0.05) is 6.07 Å². The van der Waals surface area contributed by atoms with Crippen LogP contribution in [0.2, 0.25) is 0 Å². The average molecular weight is 299 g/mol. The number of carbonyl (C=O) groups is 1. The number of carboxylic acids is 1. The van der Waals surface area contributed by atoms with E-state index in [9.17, 15) is 4.79 Å². The molecule has 1 unspecified atom stereocenters. The van der Waals surface area contributed by atoms with Gasteiger partial charge in [-0.2, -0.15) is 0 Å². The lowest BCUT2D eigenvalue weighted by molar-refractivity contribution is 0.0696. The molecule has 1 aromatic carbocycles. The smallest absolute Gasteiger partial charge is 0.335 e. The number of hydrogen-bond acceptors (Lipinski definition) is 5. The average Bonchev–Trinajstić information content (AvgIpc) is 2.83. The van der Waals surface area contributed by atoms with Crippen LogP contribution in [0.5, 0.6) is 5.75 Å². The maximum absolute atomic E-state index is 11.1. The SMILES string of the molecule is COc1cc(C(=O)O)ccc1CN1c2cccnc2NC1C. The predicted molar refractivity (Wildman–Crippen MR) is 83.5 cm³/mol. The molecule has 0 aliphatic carbocycles. The van der Waals surface area contributed by atoms with Gasteiger partial charge < -0.3 is 20.1 Å². The first-order valence-electron chi connectivity index (χ1n) is 6.98. The summed E-state index contributed by atoms with van der Waals surface area (Å²) in [6.45, 7) is 2.66. The molecule has 0 fully saturated rings. The highest BCUT2D eigenvalue weighted by atomic mass is 16.5. The van der Waals surface area contributed by atoms with Crippen LogP contribution in [0.15, 0.2) is 36.5 Å². The Balaban J connectivity index is 1.92. The number of anilines is 2. The fourth-order valence-corrected chi connectivity index (χ4v) is 2.64. The molecule has 3 rings (SSSR count). The van der Waals surface area contributed by atoms with E-state index in [1.807, 2.05) is 12.1 Å². The van der Waals surface area contributed by atoms with Crippen molar-refractivity contribution in [2.75, 3.05) is 17.3 Å². The number of methoxy groups -OCH3 is 1. The quantitative estimate of drug-likeness (QED) is 0.904. The van der Waals surface area contributed by atoms with Gasteiger partial charge in [-0.3, -0.25) is 0 Å². The molecule has 2 N–H and O–H groups in total. The van der Waals surface area contributed by atoms with E-state index in [4.69, 9.17) is 9.84 Å². The molecule has 2 heterocycles. The van der Waals surface area contributed by atoms with Crippen LogP contribution >= 0.6 is 0 Å². The second-order valence-electron chi connectivity index (χ2n) is 5.15. The van der Waals surface area contributed by atoms with Crippen LogP contribution < -0.4 is 15.0 Å². The van der Waals surface area contributed by atoms with Crippen molar-refractivity contribution in [3.63, 3.8) is 0 Å². The fraction of sp³-hybridized carbons (Fsp3) is 0.250. The largest absolute Gasteiger partial charge is 0.496 e. The Morgan fingerprint density at radius 1 is 1.45 bits per heavy atom. The summed E-state index contributed by atoms with van der Waals surface area (Å²) in [6.07, 6.45) is 1.86. The zero-order valence-corrected chi connectivity index (χ0v) is 12.4. The summed E-state index contributed by atoms with van der Waals surface area (Å²) in [7, 11) is 1.55. The summed E-state index contributed by atoms with van der Waals surface area (Å²) in [5.41, 5.74) is 2.17. The van der Waals surface area contributed by atoms with Gasteiger partial charge in [0, 0.05) is 18.3 Å². The molecule has 6 nitrogen and oxygen atoms in total. The standard InChI is InChI=1S/C16H17N3O3/c1-10-18-15-13(4-3-7-17-15)19(10)9-12-6-5-11(16(20)21)8-14(12)22-2/h3-8,10H,9H2,1-2H3,(H,17,18)(H,20,21). The molecule has 114 valence electrons. The van der Waals surface area contributed by atoms with Gasteiger partial charge in [-0.15, -0.1) is 0 Å². The Labute approximate surface area is 128 Å². The molecule has 1 atom stereocenters. The van der Waals surface area contributed by atoms with E-state index in [1.165, 1.54) is 0 Å². The minimum Gasteiger partial charge on any atom is -0.496 e. The highest BCUT2D eigenvalue weighted by molar-refractivity contribution is 5.88. The lowest BCUT2D eigenvalue weighted by Gasteiger charge is -2.24. The van der Waals surface area contributed by atoms with Crippen molar-refractivity contribution in [1.82, 2.24) is 4.98 Å². The number of hydrogen-bond donors (Lipinski definition) is 2. The van der Waals surface area contributed by atoms with Crippen molar-refractivity contribution in [2.45, 2.75) is 19.6 Å². The molecular weight excluding hydrogens is 282 g/mol. The summed E-state index contributed by atoms with van der Waals surface area (Å²) >= 11 is 0. The molecule has 0 bridgehead atoms. The van der Waals surface area contributed by atoms with Crippen LogP contribution in [0.4, 0.5) is 11.5 Å². The minimum atomic E-state index is -0.962. The molecular formula is C16H17N3O3. The van der Waals surface area contributed by atoms with E-state index >= 15 is 0 Å². The monoisotopic (exact) mass is 299 g/mol. The normalized spacial score (nSPS) is 16.1. The topological polar surface area (TPSA) is 74.7 Å². The van der Waals surface area contributed by atoms with Crippen molar-refractivity contribution >= 4 is 17.5 Å². The van der Waals surface area contributed by atoms with Crippen LogP contribution in [-0.2, 0) is 6.54 Å². The summed E-state index contributed by atoms with van der Waals surface area (Å²) in [5, 5.41) is 12.4. The Kier molecular flexibility index (Phi) is 3.58. The molecule has 0 saturated heterocycles. The zero-order chi connectivity index (χ0) is 15.7. The minimum absolute atomic E-state index is 0.105. The number of aromatic carboxylic acids is 1. The third-order valence-corrected chi connectivity index (χ3v) is 3.78. The molecule has 1 aliphatic heterocycles. The number of pyridine rings is 1. The molecule has 1 aromatic heterocycles. The molecule has 1 aliphatic rings. The Morgan fingerprint density at radius 3 is 3.00 bits per heavy atom. The molecule has 2 aromatic rings. The third-order valence-electron chi connectivity index (χ3n) is 3.78. The Hall–Kier alpha value is -2.76.